The van der Waals surface area contributed by atoms with Crippen LogP contribution in [-0.2, 0) is 4.79 Å². The lowest BCUT2D eigenvalue weighted by Crippen LogP contribution is -2.52. The quantitative estimate of drug-likeness (QED) is 0.437. The SMILES string of the molecule is N[C@H](CC1CCCCC1)C(O)C(=O)N(N)c1ccc(F)cc1F. The first kappa shape index (κ1) is 17.8. The van der Waals surface area contributed by atoms with E-state index in [4.69, 9.17) is 11.6 Å². The number of nitrogens with two attached hydrogens (primary N) is 2. The van der Waals surface area contributed by atoms with Crippen molar-refractivity contribution in [2.75, 3.05) is 5.01 Å². The first-order chi connectivity index (χ1) is 10.9. The molecule has 2 rings (SSSR count). The van der Waals surface area contributed by atoms with Crippen molar-refractivity contribution in [3.05, 3.63) is 29.8 Å². The molecule has 0 aromatic heterocycles. The summed E-state index contributed by atoms with van der Waals surface area (Å²) in [6.45, 7) is 0. The number of benzene rings is 1. The molecule has 0 bridgehead atoms. The lowest BCUT2D eigenvalue weighted by Gasteiger charge is -2.28. The fraction of sp³-hybridized carbons (Fsp3) is 0.562. The van der Waals surface area contributed by atoms with Gasteiger partial charge in [-0.25, -0.2) is 19.6 Å². The van der Waals surface area contributed by atoms with Crippen LogP contribution in [-0.4, -0.2) is 23.2 Å². The van der Waals surface area contributed by atoms with E-state index in [0.717, 1.165) is 37.8 Å². The lowest BCUT2D eigenvalue weighted by atomic mass is 9.84. The Hall–Kier alpha value is -1.57. The Kier molecular flexibility index (Phi) is 6.04. The Balaban J connectivity index is 1.99. The van der Waals surface area contributed by atoms with Crippen molar-refractivity contribution >= 4 is 11.6 Å². The van der Waals surface area contributed by atoms with Crippen LogP contribution in [0.3, 0.4) is 0 Å². The number of aliphatic hydroxyl groups is 1. The second-order valence-electron chi connectivity index (χ2n) is 6.15. The van der Waals surface area contributed by atoms with Crippen LogP contribution in [0.1, 0.15) is 38.5 Å². The Morgan fingerprint density at radius 2 is 1.96 bits per heavy atom. The van der Waals surface area contributed by atoms with Crippen molar-refractivity contribution in [2.45, 2.75) is 50.7 Å². The molecule has 0 spiro atoms. The summed E-state index contributed by atoms with van der Waals surface area (Å²) in [4.78, 5) is 12.2. The molecular formula is C16H23F2N3O2. The molecule has 1 aromatic carbocycles. The summed E-state index contributed by atoms with van der Waals surface area (Å²) in [5.74, 6) is 3.29. The molecule has 0 heterocycles. The molecule has 1 amide bonds. The Morgan fingerprint density at radius 3 is 2.57 bits per heavy atom. The molecule has 0 saturated heterocycles. The van der Waals surface area contributed by atoms with Crippen molar-refractivity contribution < 1.29 is 18.7 Å². The number of aliphatic hydroxyl groups excluding tert-OH is 1. The summed E-state index contributed by atoms with van der Waals surface area (Å²) in [6, 6.07) is 1.89. The second kappa shape index (κ2) is 7.81. The fourth-order valence-electron chi connectivity index (χ4n) is 3.06. The van der Waals surface area contributed by atoms with Crippen molar-refractivity contribution in [2.24, 2.45) is 17.5 Å². The van der Waals surface area contributed by atoms with Gasteiger partial charge in [0, 0.05) is 12.1 Å². The van der Waals surface area contributed by atoms with Gasteiger partial charge < -0.3 is 10.8 Å². The molecule has 1 fully saturated rings. The number of hydrazine groups is 1. The maximum Gasteiger partial charge on any atom is 0.271 e. The van der Waals surface area contributed by atoms with Crippen LogP contribution in [0.2, 0.25) is 0 Å². The van der Waals surface area contributed by atoms with Gasteiger partial charge in [0.05, 0.1) is 5.69 Å². The molecule has 7 heteroatoms. The van der Waals surface area contributed by atoms with Gasteiger partial charge in [-0.3, -0.25) is 4.79 Å². The minimum Gasteiger partial charge on any atom is -0.382 e. The number of hydrogen-bond acceptors (Lipinski definition) is 4. The van der Waals surface area contributed by atoms with Gasteiger partial charge in [0.2, 0.25) is 0 Å². The van der Waals surface area contributed by atoms with Gasteiger partial charge in [0.15, 0.2) is 5.82 Å². The topological polar surface area (TPSA) is 92.6 Å². The van der Waals surface area contributed by atoms with Crippen molar-refractivity contribution in [3.63, 3.8) is 0 Å². The highest BCUT2D eigenvalue weighted by atomic mass is 19.1. The molecule has 1 aliphatic carbocycles. The van der Waals surface area contributed by atoms with Crippen molar-refractivity contribution in [3.8, 4) is 0 Å². The number of nitrogens with zero attached hydrogens (tertiary/aromatic N) is 1. The van der Waals surface area contributed by atoms with Crippen LogP contribution >= 0.6 is 0 Å². The normalized spacial score (nSPS) is 18.5. The van der Waals surface area contributed by atoms with E-state index in [1.807, 2.05) is 0 Å². The third-order valence-electron chi connectivity index (χ3n) is 4.40. The molecule has 128 valence electrons. The van der Waals surface area contributed by atoms with Gasteiger partial charge in [-0.2, -0.15) is 0 Å². The second-order valence-corrected chi connectivity index (χ2v) is 6.15. The van der Waals surface area contributed by atoms with Crippen molar-refractivity contribution in [1.29, 1.82) is 0 Å². The van der Waals surface area contributed by atoms with Gasteiger partial charge in [0.1, 0.15) is 11.9 Å². The summed E-state index contributed by atoms with van der Waals surface area (Å²) in [7, 11) is 0. The zero-order valence-corrected chi connectivity index (χ0v) is 12.9. The van der Waals surface area contributed by atoms with E-state index in [9.17, 15) is 18.7 Å². The number of carbonyl (C=O) groups excluding carboxylic acids is 1. The fourth-order valence-corrected chi connectivity index (χ4v) is 3.06. The van der Waals surface area contributed by atoms with E-state index in [1.54, 1.807) is 0 Å². The first-order valence-corrected chi connectivity index (χ1v) is 7.87. The maximum atomic E-state index is 13.7. The smallest absolute Gasteiger partial charge is 0.271 e. The molecule has 5 N–H and O–H groups in total. The van der Waals surface area contributed by atoms with Gasteiger partial charge >= 0.3 is 0 Å². The standard InChI is InChI=1S/C16H23F2N3O2/c17-11-6-7-14(12(18)9-11)21(20)16(23)15(22)13(19)8-10-4-2-1-3-5-10/h6-7,9-10,13,15,22H,1-5,8,19-20H2/t13-,15?/m1/s1. The number of hydrogen-bond donors (Lipinski definition) is 3. The van der Waals surface area contributed by atoms with E-state index in [2.05, 4.69) is 0 Å². The zero-order chi connectivity index (χ0) is 17.0. The minimum absolute atomic E-state index is 0.305. The lowest BCUT2D eigenvalue weighted by molar-refractivity contribution is -0.128. The van der Waals surface area contributed by atoms with E-state index in [1.165, 1.54) is 6.42 Å². The molecule has 1 aromatic rings. The third kappa shape index (κ3) is 4.46. The molecule has 2 atom stereocenters. The number of anilines is 1. The van der Waals surface area contributed by atoms with Gasteiger partial charge in [-0.15, -0.1) is 0 Å². The van der Waals surface area contributed by atoms with Crippen LogP contribution in [0.5, 0.6) is 0 Å². The molecule has 1 aliphatic rings. The molecule has 1 unspecified atom stereocenters. The Morgan fingerprint density at radius 1 is 1.30 bits per heavy atom. The van der Waals surface area contributed by atoms with Crippen LogP contribution in [0, 0.1) is 17.6 Å². The highest BCUT2D eigenvalue weighted by molar-refractivity contribution is 5.95. The zero-order valence-electron chi connectivity index (χ0n) is 12.9. The monoisotopic (exact) mass is 327 g/mol. The van der Waals surface area contributed by atoms with Crippen LogP contribution in [0.25, 0.3) is 0 Å². The predicted octanol–water partition coefficient (Wildman–Crippen LogP) is 1.83. The van der Waals surface area contributed by atoms with E-state index < -0.39 is 29.7 Å². The molecule has 1 saturated carbocycles. The number of amides is 1. The first-order valence-electron chi connectivity index (χ1n) is 7.87. The van der Waals surface area contributed by atoms with Crippen LogP contribution in [0.4, 0.5) is 14.5 Å². The Labute approximate surface area is 134 Å². The molecule has 23 heavy (non-hydrogen) atoms. The minimum atomic E-state index is -1.52. The highest BCUT2D eigenvalue weighted by Crippen LogP contribution is 2.28. The average molecular weight is 327 g/mol. The maximum absolute atomic E-state index is 13.7. The molecule has 0 aliphatic heterocycles. The summed E-state index contributed by atoms with van der Waals surface area (Å²) in [5, 5.41) is 10.6. The number of carbonyl (C=O) groups is 1. The van der Waals surface area contributed by atoms with Crippen molar-refractivity contribution in [1.82, 2.24) is 0 Å². The van der Waals surface area contributed by atoms with Crippen LogP contribution < -0.4 is 16.6 Å². The van der Waals surface area contributed by atoms with E-state index in [-0.39, 0.29) is 5.69 Å². The van der Waals surface area contributed by atoms with Gasteiger partial charge in [-0.1, -0.05) is 32.1 Å². The number of halogens is 2. The van der Waals surface area contributed by atoms with E-state index in [0.29, 0.717) is 23.4 Å². The molecular weight excluding hydrogens is 304 g/mol. The molecule has 5 nitrogen and oxygen atoms in total. The third-order valence-corrected chi connectivity index (χ3v) is 4.40. The Bertz CT molecular complexity index is 550. The highest BCUT2D eigenvalue weighted by Gasteiger charge is 2.30. The summed E-state index contributed by atoms with van der Waals surface area (Å²) in [6.07, 6.45) is 4.53. The summed E-state index contributed by atoms with van der Waals surface area (Å²) < 4.78 is 26.6. The average Bonchev–Trinajstić information content (AvgIpc) is 2.53. The summed E-state index contributed by atoms with van der Waals surface area (Å²) in [5.41, 5.74) is 5.61. The van der Waals surface area contributed by atoms with Crippen LogP contribution in [0.15, 0.2) is 18.2 Å². The van der Waals surface area contributed by atoms with Gasteiger partial charge in [0.25, 0.3) is 5.91 Å². The largest absolute Gasteiger partial charge is 0.382 e. The predicted molar refractivity (Wildman–Crippen MR) is 83.2 cm³/mol. The van der Waals surface area contributed by atoms with E-state index >= 15 is 0 Å². The summed E-state index contributed by atoms with van der Waals surface area (Å²) >= 11 is 0. The number of rotatable bonds is 5. The molecule has 0 radical (unpaired) electrons. The van der Waals surface area contributed by atoms with Gasteiger partial charge in [-0.05, 0) is 24.5 Å².